The Hall–Kier alpha value is -0.670. The van der Waals surface area contributed by atoms with Crippen LogP contribution in [0.1, 0.15) is 9.88 Å². The summed E-state index contributed by atoms with van der Waals surface area (Å²) in [4.78, 5) is 5.36. The van der Waals surface area contributed by atoms with E-state index < -0.39 is 0 Å². The predicted octanol–water partition coefficient (Wildman–Crippen LogP) is 1.42. The Bertz CT molecular complexity index is 227. The molecule has 0 aromatic carbocycles. The summed E-state index contributed by atoms with van der Waals surface area (Å²) < 4.78 is 0. The maximum atomic E-state index is 5.27. The standard InChI is InChI=1S/C7H10N2S/c1-6-5-9-7(10-6)3-2-4-8/h2-3,5H,4,8H2,1H3. The van der Waals surface area contributed by atoms with Gasteiger partial charge in [0.05, 0.1) is 0 Å². The highest BCUT2D eigenvalue weighted by Gasteiger charge is 1.90. The maximum absolute atomic E-state index is 5.27. The molecule has 0 unspecified atom stereocenters. The third kappa shape index (κ3) is 1.93. The average molecular weight is 154 g/mol. The van der Waals surface area contributed by atoms with Crippen molar-refractivity contribution in [3.8, 4) is 0 Å². The summed E-state index contributed by atoms with van der Waals surface area (Å²) in [6, 6.07) is 0. The summed E-state index contributed by atoms with van der Waals surface area (Å²) in [5.41, 5.74) is 5.27. The minimum atomic E-state index is 0.582. The molecular weight excluding hydrogens is 144 g/mol. The van der Waals surface area contributed by atoms with Gasteiger partial charge >= 0.3 is 0 Å². The van der Waals surface area contributed by atoms with Crippen molar-refractivity contribution in [1.82, 2.24) is 4.98 Å². The minimum Gasteiger partial charge on any atom is -0.327 e. The fraction of sp³-hybridized carbons (Fsp3) is 0.286. The van der Waals surface area contributed by atoms with Crippen LogP contribution in [0.2, 0.25) is 0 Å². The van der Waals surface area contributed by atoms with Gasteiger partial charge in [0.15, 0.2) is 0 Å². The van der Waals surface area contributed by atoms with Gasteiger partial charge in [0, 0.05) is 17.6 Å². The number of nitrogens with zero attached hydrogens (tertiary/aromatic N) is 1. The lowest BCUT2D eigenvalue weighted by Gasteiger charge is -1.78. The third-order valence-electron chi connectivity index (χ3n) is 1.04. The second-order valence-electron chi connectivity index (χ2n) is 1.95. The largest absolute Gasteiger partial charge is 0.327 e. The average Bonchev–Trinajstić information content (AvgIpc) is 2.31. The van der Waals surface area contributed by atoms with Crippen LogP contribution in [0.4, 0.5) is 0 Å². The van der Waals surface area contributed by atoms with E-state index in [1.165, 1.54) is 4.88 Å². The normalized spacial score (nSPS) is 11.0. The lowest BCUT2D eigenvalue weighted by molar-refractivity contribution is 1.26. The van der Waals surface area contributed by atoms with Gasteiger partial charge in [-0.15, -0.1) is 11.3 Å². The second kappa shape index (κ2) is 3.49. The molecule has 0 fully saturated rings. The highest BCUT2D eigenvalue weighted by molar-refractivity contribution is 7.12. The highest BCUT2D eigenvalue weighted by Crippen LogP contribution is 2.11. The Morgan fingerprint density at radius 2 is 2.60 bits per heavy atom. The van der Waals surface area contributed by atoms with Crippen molar-refractivity contribution < 1.29 is 0 Å². The molecule has 1 heterocycles. The van der Waals surface area contributed by atoms with E-state index in [-0.39, 0.29) is 0 Å². The highest BCUT2D eigenvalue weighted by atomic mass is 32.1. The fourth-order valence-corrected chi connectivity index (χ4v) is 1.32. The number of thiazole rings is 1. The monoisotopic (exact) mass is 154 g/mol. The Labute approximate surface area is 64.4 Å². The van der Waals surface area contributed by atoms with Gasteiger partial charge in [-0.1, -0.05) is 6.08 Å². The van der Waals surface area contributed by atoms with Crippen molar-refractivity contribution in [1.29, 1.82) is 0 Å². The zero-order valence-corrected chi connectivity index (χ0v) is 6.69. The zero-order chi connectivity index (χ0) is 7.40. The molecule has 2 nitrogen and oxygen atoms in total. The first-order valence-corrected chi connectivity index (χ1v) is 3.93. The lowest BCUT2D eigenvalue weighted by Crippen LogP contribution is -1.91. The molecule has 10 heavy (non-hydrogen) atoms. The van der Waals surface area contributed by atoms with E-state index in [0.717, 1.165) is 5.01 Å². The Balaban J connectivity index is 2.67. The van der Waals surface area contributed by atoms with E-state index in [0.29, 0.717) is 6.54 Å². The van der Waals surface area contributed by atoms with Crippen LogP contribution in [-0.4, -0.2) is 11.5 Å². The van der Waals surface area contributed by atoms with Crippen LogP contribution in [0.15, 0.2) is 12.3 Å². The molecule has 0 bridgehead atoms. The summed E-state index contributed by atoms with van der Waals surface area (Å²) in [6.45, 7) is 2.62. The van der Waals surface area contributed by atoms with Crippen LogP contribution >= 0.6 is 11.3 Å². The van der Waals surface area contributed by atoms with Crippen LogP contribution in [0.5, 0.6) is 0 Å². The van der Waals surface area contributed by atoms with Crippen LogP contribution in [-0.2, 0) is 0 Å². The Morgan fingerprint density at radius 1 is 1.80 bits per heavy atom. The van der Waals surface area contributed by atoms with Gasteiger partial charge in [-0.3, -0.25) is 0 Å². The molecular formula is C7H10N2S. The summed E-state index contributed by atoms with van der Waals surface area (Å²) in [7, 11) is 0. The van der Waals surface area contributed by atoms with Crippen LogP contribution in [0, 0.1) is 6.92 Å². The van der Waals surface area contributed by atoms with Crippen molar-refractivity contribution in [2.75, 3.05) is 6.54 Å². The van der Waals surface area contributed by atoms with E-state index in [1.54, 1.807) is 11.3 Å². The van der Waals surface area contributed by atoms with Crippen LogP contribution < -0.4 is 5.73 Å². The summed E-state index contributed by atoms with van der Waals surface area (Å²) >= 11 is 1.67. The van der Waals surface area contributed by atoms with Crippen molar-refractivity contribution in [2.24, 2.45) is 5.73 Å². The number of hydrogen-bond acceptors (Lipinski definition) is 3. The molecule has 3 heteroatoms. The number of aromatic nitrogens is 1. The van der Waals surface area contributed by atoms with Crippen molar-refractivity contribution in [3.63, 3.8) is 0 Å². The van der Waals surface area contributed by atoms with Gasteiger partial charge < -0.3 is 5.73 Å². The van der Waals surface area contributed by atoms with Gasteiger partial charge in [0.2, 0.25) is 0 Å². The first kappa shape index (κ1) is 7.44. The first-order valence-electron chi connectivity index (χ1n) is 3.12. The number of rotatable bonds is 2. The minimum absolute atomic E-state index is 0.582. The van der Waals surface area contributed by atoms with Gasteiger partial charge in [0.1, 0.15) is 5.01 Å². The molecule has 0 aliphatic rings. The predicted molar refractivity (Wildman–Crippen MR) is 44.9 cm³/mol. The Kier molecular flexibility index (Phi) is 2.59. The first-order chi connectivity index (χ1) is 4.83. The smallest absolute Gasteiger partial charge is 0.115 e. The molecule has 0 radical (unpaired) electrons. The molecule has 1 aromatic rings. The van der Waals surface area contributed by atoms with E-state index >= 15 is 0 Å². The van der Waals surface area contributed by atoms with E-state index in [2.05, 4.69) is 4.98 Å². The molecule has 2 N–H and O–H groups in total. The molecule has 0 saturated heterocycles. The van der Waals surface area contributed by atoms with Crippen molar-refractivity contribution in [3.05, 3.63) is 22.2 Å². The van der Waals surface area contributed by atoms with Crippen molar-refractivity contribution >= 4 is 17.4 Å². The quantitative estimate of drug-likeness (QED) is 0.699. The molecule has 0 aliphatic heterocycles. The van der Waals surface area contributed by atoms with Crippen molar-refractivity contribution in [2.45, 2.75) is 6.92 Å². The fourth-order valence-electron chi connectivity index (χ4n) is 0.618. The molecule has 0 saturated carbocycles. The molecule has 0 amide bonds. The summed E-state index contributed by atoms with van der Waals surface area (Å²) in [5, 5.41) is 1.03. The van der Waals surface area contributed by atoms with Gasteiger partial charge in [-0.25, -0.2) is 4.98 Å². The lowest BCUT2D eigenvalue weighted by atomic mass is 10.5. The topological polar surface area (TPSA) is 38.9 Å². The van der Waals surface area contributed by atoms with E-state index in [1.807, 2.05) is 25.3 Å². The van der Waals surface area contributed by atoms with Gasteiger partial charge in [-0.05, 0) is 13.0 Å². The number of hydrogen-bond donors (Lipinski definition) is 1. The van der Waals surface area contributed by atoms with E-state index in [9.17, 15) is 0 Å². The molecule has 54 valence electrons. The molecule has 1 rings (SSSR count). The maximum Gasteiger partial charge on any atom is 0.115 e. The number of aryl methyl sites for hydroxylation is 1. The summed E-state index contributed by atoms with van der Waals surface area (Å²) in [6.07, 6.45) is 5.71. The van der Waals surface area contributed by atoms with Crippen LogP contribution in [0.25, 0.3) is 6.08 Å². The van der Waals surface area contributed by atoms with E-state index in [4.69, 9.17) is 5.73 Å². The summed E-state index contributed by atoms with van der Waals surface area (Å²) in [5.74, 6) is 0. The molecule has 0 atom stereocenters. The SMILES string of the molecule is Cc1cnc(C=CCN)s1. The number of nitrogens with two attached hydrogens (primary N) is 1. The third-order valence-corrected chi connectivity index (χ3v) is 1.91. The van der Waals surface area contributed by atoms with Crippen LogP contribution in [0.3, 0.4) is 0 Å². The molecule has 0 spiro atoms. The van der Waals surface area contributed by atoms with Gasteiger partial charge in [0.25, 0.3) is 0 Å². The van der Waals surface area contributed by atoms with Gasteiger partial charge in [-0.2, -0.15) is 0 Å². The molecule has 0 aliphatic carbocycles. The molecule has 1 aromatic heterocycles. The second-order valence-corrected chi connectivity index (χ2v) is 3.21. The zero-order valence-electron chi connectivity index (χ0n) is 5.87. The Morgan fingerprint density at radius 3 is 3.10 bits per heavy atom.